The third-order valence-electron chi connectivity index (χ3n) is 2.91. The van der Waals surface area contributed by atoms with Crippen molar-refractivity contribution in [2.45, 2.75) is 39.3 Å². The highest BCUT2D eigenvalue weighted by molar-refractivity contribution is 5.78. The molecule has 0 saturated carbocycles. The first-order valence-electron chi connectivity index (χ1n) is 5.88. The van der Waals surface area contributed by atoms with Gasteiger partial charge >= 0.3 is 0 Å². The molecule has 4 nitrogen and oxygen atoms in total. The Morgan fingerprint density at radius 1 is 1.40 bits per heavy atom. The molecule has 88 valence electrons. The van der Waals surface area contributed by atoms with E-state index in [-0.39, 0.29) is 5.91 Å². The van der Waals surface area contributed by atoms with Crippen LogP contribution in [0.1, 0.15) is 27.2 Å². The van der Waals surface area contributed by atoms with Crippen LogP contribution in [0.2, 0.25) is 0 Å². The Balaban J connectivity index is 2.37. The zero-order chi connectivity index (χ0) is 11.3. The Kier molecular flexibility index (Phi) is 5.05. The van der Waals surface area contributed by atoms with Crippen LogP contribution in [-0.4, -0.2) is 49.1 Å². The average molecular weight is 213 g/mol. The topological polar surface area (TPSA) is 44.4 Å². The van der Waals surface area contributed by atoms with Crippen molar-refractivity contribution < 1.29 is 4.79 Å². The smallest absolute Gasteiger partial charge is 0.234 e. The number of rotatable bonds is 4. The fraction of sp³-hybridized carbons (Fsp3) is 0.909. The SMILES string of the molecule is CCCNC(=O)CN1[C@H](C)CNC[C@@H]1C. The lowest BCUT2D eigenvalue weighted by Gasteiger charge is -2.38. The lowest BCUT2D eigenvalue weighted by atomic mass is 10.1. The molecule has 0 aromatic carbocycles. The van der Waals surface area contributed by atoms with E-state index in [0.29, 0.717) is 18.6 Å². The fourth-order valence-electron chi connectivity index (χ4n) is 1.97. The summed E-state index contributed by atoms with van der Waals surface area (Å²) in [5.74, 6) is 0.150. The van der Waals surface area contributed by atoms with Gasteiger partial charge in [0.15, 0.2) is 0 Å². The first kappa shape index (κ1) is 12.5. The van der Waals surface area contributed by atoms with Crippen molar-refractivity contribution in [1.29, 1.82) is 0 Å². The van der Waals surface area contributed by atoms with Gasteiger partial charge in [0.2, 0.25) is 5.91 Å². The average Bonchev–Trinajstić information content (AvgIpc) is 2.21. The monoisotopic (exact) mass is 213 g/mol. The fourth-order valence-corrected chi connectivity index (χ4v) is 1.97. The number of hydrogen-bond acceptors (Lipinski definition) is 3. The standard InChI is InChI=1S/C11H23N3O/c1-4-5-13-11(15)8-14-9(2)6-12-7-10(14)3/h9-10,12H,4-8H2,1-3H3,(H,13,15)/t9-,10+. The number of nitrogens with one attached hydrogen (secondary N) is 2. The van der Waals surface area contributed by atoms with E-state index in [1.807, 2.05) is 0 Å². The highest BCUT2D eigenvalue weighted by Gasteiger charge is 2.25. The summed E-state index contributed by atoms with van der Waals surface area (Å²) in [5, 5.41) is 6.28. The second kappa shape index (κ2) is 6.08. The summed E-state index contributed by atoms with van der Waals surface area (Å²) in [7, 11) is 0. The Hall–Kier alpha value is -0.610. The normalized spacial score (nSPS) is 27.7. The van der Waals surface area contributed by atoms with Gasteiger partial charge in [-0.2, -0.15) is 0 Å². The van der Waals surface area contributed by atoms with Crippen LogP contribution < -0.4 is 10.6 Å². The maximum Gasteiger partial charge on any atom is 0.234 e. The third kappa shape index (κ3) is 3.80. The molecule has 1 aliphatic heterocycles. The molecule has 2 atom stereocenters. The highest BCUT2D eigenvalue weighted by Crippen LogP contribution is 2.08. The lowest BCUT2D eigenvalue weighted by Crippen LogP contribution is -2.57. The molecule has 0 aromatic heterocycles. The van der Waals surface area contributed by atoms with Crippen LogP contribution >= 0.6 is 0 Å². The molecule has 1 heterocycles. The van der Waals surface area contributed by atoms with Gasteiger partial charge in [0.05, 0.1) is 6.54 Å². The van der Waals surface area contributed by atoms with Crippen molar-refractivity contribution >= 4 is 5.91 Å². The van der Waals surface area contributed by atoms with E-state index in [1.165, 1.54) is 0 Å². The van der Waals surface area contributed by atoms with Crippen LogP contribution in [0.25, 0.3) is 0 Å². The maximum absolute atomic E-state index is 11.6. The van der Waals surface area contributed by atoms with Crippen LogP contribution in [0.3, 0.4) is 0 Å². The molecular weight excluding hydrogens is 190 g/mol. The third-order valence-corrected chi connectivity index (χ3v) is 2.91. The van der Waals surface area contributed by atoms with Crippen LogP contribution in [-0.2, 0) is 4.79 Å². The van der Waals surface area contributed by atoms with Gasteiger partial charge in [-0.05, 0) is 20.3 Å². The summed E-state index contributed by atoms with van der Waals surface area (Å²) in [6, 6.07) is 0.891. The minimum Gasteiger partial charge on any atom is -0.355 e. The Morgan fingerprint density at radius 3 is 2.53 bits per heavy atom. The first-order chi connectivity index (χ1) is 7.15. The van der Waals surface area contributed by atoms with Gasteiger partial charge in [0.25, 0.3) is 0 Å². The maximum atomic E-state index is 11.6. The lowest BCUT2D eigenvalue weighted by molar-refractivity contribution is -0.123. The molecular formula is C11H23N3O. The van der Waals surface area contributed by atoms with E-state index < -0.39 is 0 Å². The van der Waals surface area contributed by atoms with Crippen LogP contribution in [0.15, 0.2) is 0 Å². The number of hydrogen-bond donors (Lipinski definition) is 2. The molecule has 1 fully saturated rings. The van der Waals surface area contributed by atoms with Gasteiger partial charge in [-0.3, -0.25) is 9.69 Å². The Morgan fingerprint density at radius 2 is 2.00 bits per heavy atom. The summed E-state index contributed by atoms with van der Waals surface area (Å²) in [6.07, 6.45) is 0.998. The molecule has 15 heavy (non-hydrogen) atoms. The molecule has 1 rings (SSSR count). The van der Waals surface area contributed by atoms with E-state index in [1.54, 1.807) is 0 Å². The van der Waals surface area contributed by atoms with Crippen LogP contribution in [0, 0.1) is 0 Å². The van der Waals surface area contributed by atoms with Crippen molar-refractivity contribution in [3.05, 3.63) is 0 Å². The van der Waals surface area contributed by atoms with Gasteiger partial charge in [-0.15, -0.1) is 0 Å². The highest BCUT2D eigenvalue weighted by atomic mass is 16.2. The van der Waals surface area contributed by atoms with Crippen LogP contribution in [0.5, 0.6) is 0 Å². The largest absolute Gasteiger partial charge is 0.355 e. The quantitative estimate of drug-likeness (QED) is 0.701. The van der Waals surface area contributed by atoms with E-state index in [4.69, 9.17) is 0 Å². The molecule has 1 saturated heterocycles. The van der Waals surface area contributed by atoms with Crippen molar-refractivity contribution in [3.8, 4) is 0 Å². The van der Waals surface area contributed by atoms with Gasteiger partial charge < -0.3 is 10.6 Å². The molecule has 2 N–H and O–H groups in total. The van der Waals surface area contributed by atoms with Crippen molar-refractivity contribution in [1.82, 2.24) is 15.5 Å². The summed E-state index contributed by atoms with van der Waals surface area (Å²) >= 11 is 0. The molecule has 0 aliphatic carbocycles. The Labute approximate surface area is 92.4 Å². The molecule has 1 amide bonds. The van der Waals surface area contributed by atoms with E-state index in [2.05, 4.69) is 36.3 Å². The van der Waals surface area contributed by atoms with E-state index in [9.17, 15) is 4.79 Å². The second-order valence-corrected chi connectivity index (χ2v) is 4.38. The molecule has 0 radical (unpaired) electrons. The zero-order valence-corrected chi connectivity index (χ0v) is 10.0. The first-order valence-corrected chi connectivity index (χ1v) is 5.88. The molecule has 4 heteroatoms. The summed E-state index contributed by atoms with van der Waals surface area (Å²) < 4.78 is 0. The molecule has 0 aromatic rings. The number of piperazine rings is 1. The molecule has 0 spiro atoms. The predicted octanol–water partition coefficient (Wildman–Crippen LogP) is 0.195. The summed E-state index contributed by atoms with van der Waals surface area (Å²) in [6.45, 7) is 9.66. The second-order valence-electron chi connectivity index (χ2n) is 4.38. The zero-order valence-electron chi connectivity index (χ0n) is 10.0. The Bertz CT molecular complexity index is 198. The minimum atomic E-state index is 0.150. The summed E-state index contributed by atoms with van der Waals surface area (Å²) in [4.78, 5) is 13.9. The van der Waals surface area contributed by atoms with Gasteiger partial charge in [0.1, 0.15) is 0 Å². The van der Waals surface area contributed by atoms with Crippen LogP contribution in [0.4, 0.5) is 0 Å². The number of carbonyl (C=O) groups excluding carboxylic acids is 1. The molecule has 1 aliphatic rings. The number of amides is 1. The van der Waals surface area contributed by atoms with Gasteiger partial charge in [-0.25, -0.2) is 0 Å². The number of nitrogens with zero attached hydrogens (tertiary/aromatic N) is 1. The number of carbonyl (C=O) groups is 1. The predicted molar refractivity (Wildman–Crippen MR) is 61.8 cm³/mol. The molecule has 0 bridgehead atoms. The molecule has 0 unspecified atom stereocenters. The van der Waals surface area contributed by atoms with E-state index in [0.717, 1.165) is 26.1 Å². The van der Waals surface area contributed by atoms with Gasteiger partial charge in [0, 0.05) is 31.7 Å². The van der Waals surface area contributed by atoms with Crippen molar-refractivity contribution in [2.24, 2.45) is 0 Å². The van der Waals surface area contributed by atoms with Crippen molar-refractivity contribution in [2.75, 3.05) is 26.2 Å². The van der Waals surface area contributed by atoms with E-state index >= 15 is 0 Å². The van der Waals surface area contributed by atoms with Crippen molar-refractivity contribution in [3.63, 3.8) is 0 Å². The minimum absolute atomic E-state index is 0.150. The summed E-state index contributed by atoms with van der Waals surface area (Å²) in [5.41, 5.74) is 0. The van der Waals surface area contributed by atoms with Gasteiger partial charge in [-0.1, -0.05) is 6.92 Å².